The Balaban J connectivity index is 0.000000210. The van der Waals surface area contributed by atoms with E-state index in [-0.39, 0.29) is 93.0 Å². The van der Waals surface area contributed by atoms with Crippen LogP contribution in [-0.2, 0) is 71.0 Å². The van der Waals surface area contributed by atoms with Gasteiger partial charge in [0.2, 0.25) is 0 Å². The first-order valence-corrected chi connectivity index (χ1v) is 30.8. The van der Waals surface area contributed by atoms with Gasteiger partial charge in [0.15, 0.2) is 12.6 Å². The molecule has 0 aromatic heterocycles. The van der Waals surface area contributed by atoms with Crippen molar-refractivity contribution in [2.75, 3.05) is 39.5 Å². The summed E-state index contributed by atoms with van der Waals surface area (Å²) in [5.41, 5.74) is 3.59. The van der Waals surface area contributed by atoms with Gasteiger partial charge < -0.3 is 49.3 Å². The van der Waals surface area contributed by atoms with Crippen LogP contribution in [0.1, 0.15) is 93.9 Å². The summed E-state index contributed by atoms with van der Waals surface area (Å²) in [6.07, 6.45) is 2.61. The van der Waals surface area contributed by atoms with Gasteiger partial charge in [-0.05, 0) is 101 Å². The van der Waals surface area contributed by atoms with E-state index in [0.29, 0.717) is 13.2 Å². The standard InChI is InChI=1S/2C29H38N2O8S.CH4/c2*1-20-11-13-23(14-12-20)40(34,35)31(39-22-9-5-6-10-22)18-26(32)25(17-21-7-3-2-4-8-21)30-29(33)38-27-19-37-28-24(27)15-16-36-28;/h2*2-4,7-8,11-14,22,24-28,32H,5-6,9-10,15-19H2,1H3,(H,30,33);1H4/t24-,25+,26-,27-,28+;24-,25-,26+,27-,28+;/m10./s1. The van der Waals surface area contributed by atoms with Gasteiger partial charge in [-0.1, -0.05) is 138 Å². The maximum absolute atomic E-state index is 13.7. The second-order valence-corrected chi connectivity index (χ2v) is 25.2. The van der Waals surface area contributed by atoms with Gasteiger partial charge in [0.05, 0.1) is 97.6 Å². The van der Waals surface area contributed by atoms with Crippen molar-refractivity contribution < 1.29 is 74.7 Å². The molecule has 4 N–H and O–H groups in total. The zero-order chi connectivity index (χ0) is 56.2. The van der Waals surface area contributed by atoms with E-state index in [1.165, 1.54) is 24.3 Å². The predicted octanol–water partition coefficient (Wildman–Crippen LogP) is 7.28. The highest BCUT2D eigenvalue weighted by molar-refractivity contribution is 7.89. The van der Waals surface area contributed by atoms with Crippen molar-refractivity contribution >= 4 is 32.2 Å². The average molecular weight is 1170 g/mol. The molecule has 0 bridgehead atoms. The third-order valence-corrected chi connectivity index (χ3v) is 18.9. The molecular weight excluding hydrogens is 1080 g/mol. The number of aryl methyl sites for hydroxylation is 2. The molecule has 6 aliphatic rings. The Morgan fingerprint density at radius 3 is 1.26 bits per heavy atom. The molecule has 10 atom stereocenters. The van der Waals surface area contributed by atoms with Crippen LogP contribution < -0.4 is 10.6 Å². The van der Waals surface area contributed by atoms with Crippen LogP contribution >= 0.6 is 0 Å². The number of carbonyl (C=O) groups excluding carboxylic acids is 2. The number of alkyl carbamates (subject to hydrolysis) is 2. The Labute approximate surface area is 476 Å². The van der Waals surface area contributed by atoms with E-state index >= 15 is 0 Å². The van der Waals surface area contributed by atoms with Crippen LogP contribution in [0.15, 0.2) is 119 Å². The van der Waals surface area contributed by atoms with E-state index in [4.69, 9.17) is 38.1 Å². The first kappa shape index (κ1) is 62.0. The van der Waals surface area contributed by atoms with Crippen LogP contribution in [0.5, 0.6) is 0 Å². The zero-order valence-electron chi connectivity index (χ0n) is 45.4. The van der Waals surface area contributed by atoms with Crippen molar-refractivity contribution in [2.45, 2.75) is 169 Å². The number of aliphatic hydroxyl groups is 2. The minimum absolute atomic E-state index is 0. The number of amides is 2. The lowest BCUT2D eigenvalue weighted by Gasteiger charge is -2.31. The number of hydrogen-bond donors (Lipinski definition) is 4. The minimum atomic E-state index is -4.09. The normalized spacial score (nSPS) is 24.3. The summed E-state index contributed by atoms with van der Waals surface area (Å²) in [5.74, 6) is -0.0589. The van der Waals surface area contributed by atoms with Crippen LogP contribution in [0.3, 0.4) is 0 Å². The predicted molar refractivity (Wildman–Crippen MR) is 298 cm³/mol. The molecule has 20 nitrogen and oxygen atoms in total. The van der Waals surface area contributed by atoms with Crippen LogP contribution in [0, 0.1) is 25.7 Å². The molecule has 4 aliphatic heterocycles. The molecule has 6 fully saturated rings. The van der Waals surface area contributed by atoms with E-state index in [0.717, 1.165) is 95.4 Å². The van der Waals surface area contributed by atoms with Crippen molar-refractivity contribution in [2.24, 2.45) is 11.8 Å². The fraction of sp³-hybridized carbons (Fsp3) is 0.559. The van der Waals surface area contributed by atoms with Crippen LogP contribution in [-0.4, -0.2) is 149 Å². The Morgan fingerprint density at radius 1 is 0.543 bits per heavy atom. The van der Waals surface area contributed by atoms with Gasteiger partial charge in [0, 0.05) is 0 Å². The lowest BCUT2D eigenvalue weighted by molar-refractivity contribution is -0.145. The van der Waals surface area contributed by atoms with Crippen LogP contribution in [0.4, 0.5) is 9.59 Å². The number of aliphatic hydroxyl groups excluding tert-OH is 2. The molecule has 444 valence electrons. The number of nitrogens with zero attached hydrogens (tertiary/aromatic N) is 2. The third kappa shape index (κ3) is 16.6. The van der Waals surface area contributed by atoms with Crippen molar-refractivity contribution in [3.05, 3.63) is 131 Å². The number of fused-ring (bicyclic) bond motifs is 2. The number of sulfonamides is 2. The highest BCUT2D eigenvalue weighted by Crippen LogP contribution is 2.35. The Morgan fingerprint density at radius 2 is 0.901 bits per heavy atom. The largest absolute Gasteiger partial charge is 0.443 e. The van der Waals surface area contributed by atoms with E-state index in [1.807, 2.05) is 74.5 Å². The van der Waals surface area contributed by atoms with Gasteiger partial charge in [-0.25, -0.2) is 26.4 Å². The van der Waals surface area contributed by atoms with E-state index < -0.39 is 68.7 Å². The number of hydroxylamine groups is 2. The van der Waals surface area contributed by atoms with Crippen molar-refractivity contribution in [3.8, 4) is 0 Å². The fourth-order valence-electron chi connectivity index (χ4n) is 11.0. The molecule has 0 radical (unpaired) electrons. The second kappa shape index (κ2) is 28.9. The summed E-state index contributed by atoms with van der Waals surface area (Å²) >= 11 is 0. The van der Waals surface area contributed by atoms with Gasteiger partial charge in [-0.15, -0.1) is 0 Å². The average Bonchev–Trinajstić information content (AvgIpc) is 4.42. The van der Waals surface area contributed by atoms with Crippen molar-refractivity contribution in [1.29, 1.82) is 0 Å². The lowest BCUT2D eigenvalue weighted by Crippen LogP contribution is -2.51. The number of ether oxygens (including phenoxy) is 6. The Hall–Kier alpha value is -5.08. The zero-order valence-corrected chi connectivity index (χ0v) is 47.0. The molecule has 4 aromatic rings. The maximum Gasteiger partial charge on any atom is 0.407 e. The van der Waals surface area contributed by atoms with E-state index in [1.54, 1.807) is 24.3 Å². The third-order valence-electron chi connectivity index (χ3n) is 15.6. The molecule has 2 saturated carbocycles. The second-order valence-electron chi connectivity index (χ2n) is 21.6. The first-order valence-electron chi connectivity index (χ1n) is 28.0. The number of nitrogens with one attached hydrogen (secondary N) is 2. The number of hydrogen-bond acceptors (Lipinski definition) is 16. The first-order chi connectivity index (χ1) is 38.6. The van der Waals surface area contributed by atoms with Gasteiger partial charge in [0.25, 0.3) is 20.0 Å². The molecule has 10 rings (SSSR count). The monoisotopic (exact) mass is 1160 g/mol. The topological polar surface area (TPSA) is 247 Å². The summed E-state index contributed by atoms with van der Waals surface area (Å²) in [4.78, 5) is 38.2. The molecule has 4 saturated heterocycles. The summed E-state index contributed by atoms with van der Waals surface area (Å²) in [6.45, 7) is 4.62. The Kier molecular flexibility index (Phi) is 22.1. The molecule has 2 aliphatic carbocycles. The summed E-state index contributed by atoms with van der Waals surface area (Å²) in [5, 5.41) is 28.4. The Bertz CT molecular complexity index is 2630. The van der Waals surface area contributed by atoms with E-state index in [2.05, 4.69) is 10.6 Å². The smallest absolute Gasteiger partial charge is 0.407 e. The molecule has 81 heavy (non-hydrogen) atoms. The number of benzene rings is 4. The molecule has 2 amide bonds. The molecule has 22 heteroatoms. The molecule has 4 aromatic carbocycles. The number of carbonyl (C=O) groups is 2. The summed E-state index contributed by atoms with van der Waals surface area (Å²) in [7, 11) is -8.17. The minimum Gasteiger partial charge on any atom is -0.443 e. The maximum atomic E-state index is 13.7. The van der Waals surface area contributed by atoms with Gasteiger partial charge in [-0.3, -0.25) is 9.68 Å². The van der Waals surface area contributed by atoms with E-state index in [9.17, 15) is 36.6 Å². The lowest BCUT2D eigenvalue weighted by atomic mass is 10.0. The molecule has 0 unspecified atom stereocenters. The van der Waals surface area contributed by atoms with Crippen molar-refractivity contribution in [1.82, 2.24) is 19.6 Å². The van der Waals surface area contributed by atoms with Crippen LogP contribution in [0.25, 0.3) is 0 Å². The highest BCUT2D eigenvalue weighted by Gasteiger charge is 2.46. The SMILES string of the molecule is C.Cc1ccc(S(=O)(=O)N(C[C@@H](O)[C@H](Cc2ccccc2)NC(=O)O[C@@H]2CO[C@@H]3OCC[C@@H]32)OC2CCCC2)cc1.Cc1ccc(S(=O)(=O)N(C[C@@H](O)[C@H](Cc2ccccc2)NC(=O)O[C@H]2CO[C@H]3OCC[C@H]32)OC2CCCC2)cc1. The van der Waals surface area contributed by atoms with Crippen LogP contribution in [0.2, 0.25) is 0 Å². The fourth-order valence-corrected chi connectivity index (χ4v) is 13.6. The van der Waals surface area contributed by atoms with Crippen molar-refractivity contribution in [3.63, 3.8) is 0 Å². The summed E-state index contributed by atoms with van der Waals surface area (Å²) < 4.78 is 89.9. The highest BCUT2D eigenvalue weighted by atomic mass is 32.2. The summed E-state index contributed by atoms with van der Waals surface area (Å²) in [6, 6.07) is 30.1. The van der Waals surface area contributed by atoms with Gasteiger partial charge in [-0.2, -0.15) is 0 Å². The quantitative estimate of drug-likeness (QED) is 0.0565. The molecule has 4 heterocycles. The van der Waals surface area contributed by atoms with Gasteiger partial charge >= 0.3 is 12.2 Å². The number of rotatable bonds is 22. The van der Waals surface area contributed by atoms with Gasteiger partial charge in [0.1, 0.15) is 12.2 Å². The molecule has 0 spiro atoms. The molecular formula is C59H80N4O16S2.